The van der Waals surface area contributed by atoms with E-state index in [0.717, 1.165) is 17.6 Å². The normalized spacial score (nSPS) is 12.2. The smallest absolute Gasteiger partial charge is 0.221 e. The fraction of sp³-hybridized carbons (Fsp3) is 0.588. The van der Waals surface area contributed by atoms with E-state index in [1.165, 1.54) is 4.31 Å². The van der Waals surface area contributed by atoms with Crippen LogP contribution in [0.4, 0.5) is 0 Å². The first-order chi connectivity index (χ1) is 11.0. The summed E-state index contributed by atoms with van der Waals surface area (Å²) in [6.45, 7) is 6.14. The molecule has 24 heavy (non-hydrogen) atoms. The molecule has 0 radical (unpaired) electrons. The molecule has 6 nitrogen and oxygen atoms in total. The van der Waals surface area contributed by atoms with Crippen LogP contribution in [0.5, 0.6) is 5.75 Å². The topological polar surface area (TPSA) is 75.7 Å². The average Bonchev–Trinajstić information content (AvgIpc) is 2.44. The van der Waals surface area contributed by atoms with Gasteiger partial charge in [0.1, 0.15) is 5.75 Å². The lowest BCUT2D eigenvalue weighted by Crippen LogP contribution is -2.42. The van der Waals surface area contributed by atoms with Gasteiger partial charge in [0.15, 0.2) is 0 Å². The molecule has 1 rings (SSSR count). The molecular formula is C17H28N2O4S. The molecule has 0 saturated heterocycles. The third-order valence-corrected chi connectivity index (χ3v) is 4.70. The number of carbonyl (C=O) groups is 1. The maximum Gasteiger partial charge on any atom is 0.221 e. The third-order valence-electron chi connectivity index (χ3n) is 3.39. The van der Waals surface area contributed by atoms with E-state index in [-0.39, 0.29) is 24.4 Å². The molecule has 0 aliphatic carbocycles. The minimum Gasteiger partial charge on any atom is -0.496 e. The van der Waals surface area contributed by atoms with Gasteiger partial charge >= 0.3 is 0 Å². The Kier molecular flexibility index (Phi) is 7.23. The van der Waals surface area contributed by atoms with Crippen LogP contribution in [0, 0.1) is 0 Å². The molecule has 0 aliphatic heterocycles. The van der Waals surface area contributed by atoms with Crippen LogP contribution >= 0.6 is 0 Å². The predicted octanol–water partition coefficient (Wildman–Crippen LogP) is 1.80. The van der Waals surface area contributed by atoms with Crippen molar-refractivity contribution in [2.45, 2.75) is 39.2 Å². The first-order valence-electron chi connectivity index (χ1n) is 7.91. The Hall–Kier alpha value is -1.60. The first-order valence-corrected chi connectivity index (χ1v) is 9.76. The van der Waals surface area contributed by atoms with Gasteiger partial charge in [-0.1, -0.05) is 18.2 Å². The zero-order valence-corrected chi connectivity index (χ0v) is 15.9. The lowest BCUT2D eigenvalue weighted by atomic mass is 10.1. The molecule has 1 aromatic rings. The summed E-state index contributed by atoms with van der Waals surface area (Å²) in [7, 11) is -1.79. The van der Waals surface area contributed by atoms with E-state index in [1.807, 2.05) is 45.0 Å². The van der Waals surface area contributed by atoms with Crippen LogP contribution < -0.4 is 10.1 Å². The Labute approximate surface area is 145 Å². The van der Waals surface area contributed by atoms with Crippen molar-refractivity contribution in [3.8, 4) is 5.75 Å². The van der Waals surface area contributed by atoms with Gasteiger partial charge in [0.2, 0.25) is 15.9 Å². The summed E-state index contributed by atoms with van der Waals surface area (Å²) >= 11 is 0. The van der Waals surface area contributed by atoms with E-state index in [1.54, 1.807) is 7.11 Å². The summed E-state index contributed by atoms with van der Waals surface area (Å²) in [6, 6.07) is 7.51. The van der Waals surface area contributed by atoms with E-state index >= 15 is 0 Å². The van der Waals surface area contributed by atoms with Gasteiger partial charge in [0.25, 0.3) is 0 Å². The first kappa shape index (κ1) is 20.4. The number of carbonyl (C=O) groups excluding carboxylic acids is 1. The summed E-state index contributed by atoms with van der Waals surface area (Å²) in [4.78, 5) is 11.9. The molecule has 0 atom stereocenters. The second-order valence-electron chi connectivity index (χ2n) is 6.77. The Morgan fingerprint density at radius 1 is 1.21 bits per heavy atom. The largest absolute Gasteiger partial charge is 0.496 e. The predicted molar refractivity (Wildman–Crippen MR) is 95.6 cm³/mol. The van der Waals surface area contributed by atoms with Crippen LogP contribution in [-0.4, -0.2) is 50.6 Å². The quantitative estimate of drug-likeness (QED) is 0.771. The van der Waals surface area contributed by atoms with Crippen LogP contribution in [0.2, 0.25) is 0 Å². The number of nitrogens with one attached hydrogen (secondary N) is 1. The van der Waals surface area contributed by atoms with Gasteiger partial charge in [-0.15, -0.1) is 0 Å². The Balaban J connectivity index is 2.69. The van der Waals surface area contributed by atoms with Crippen molar-refractivity contribution < 1.29 is 17.9 Å². The summed E-state index contributed by atoms with van der Waals surface area (Å²) in [5, 5.41) is 2.84. The van der Waals surface area contributed by atoms with Gasteiger partial charge in [0, 0.05) is 25.0 Å². The second kappa shape index (κ2) is 8.48. The van der Waals surface area contributed by atoms with Gasteiger partial charge < -0.3 is 10.1 Å². The van der Waals surface area contributed by atoms with Crippen molar-refractivity contribution in [2.24, 2.45) is 0 Å². The number of nitrogens with zero attached hydrogens (tertiary/aromatic N) is 1. The minimum absolute atomic E-state index is 0.135. The number of sulfonamides is 1. The maximum atomic E-state index is 12.0. The molecule has 0 aromatic heterocycles. The van der Waals surface area contributed by atoms with E-state index in [4.69, 9.17) is 4.74 Å². The van der Waals surface area contributed by atoms with Crippen LogP contribution in [-0.2, 0) is 21.2 Å². The number of methoxy groups -OCH3 is 1. The SMILES string of the molecule is COc1ccccc1CCN(CCC(=O)NC(C)(C)C)S(C)(=O)=O. The molecule has 0 unspecified atom stereocenters. The molecular weight excluding hydrogens is 328 g/mol. The van der Waals surface area contributed by atoms with Crippen molar-refractivity contribution >= 4 is 15.9 Å². The van der Waals surface area contributed by atoms with Gasteiger partial charge in [-0.25, -0.2) is 12.7 Å². The molecule has 0 fully saturated rings. The molecule has 0 aliphatic rings. The van der Waals surface area contributed by atoms with Crippen molar-refractivity contribution in [1.82, 2.24) is 9.62 Å². The fourth-order valence-corrected chi connectivity index (χ4v) is 3.15. The highest BCUT2D eigenvalue weighted by atomic mass is 32.2. The Morgan fingerprint density at radius 2 is 1.83 bits per heavy atom. The number of benzene rings is 1. The zero-order chi connectivity index (χ0) is 18.4. The van der Waals surface area contributed by atoms with Crippen LogP contribution in [0.25, 0.3) is 0 Å². The molecule has 7 heteroatoms. The lowest BCUT2D eigenvalue weighted by Gasteiger charge is -2.23. The fourth-order valence-electron chi connectivity index (χ4n) is 2.31. The van der Waals surface area contributed by atoms with E-state index in [0.29, 0.717) is 13.0 Å². The number of hydrogen-bond acceptors (Lipinski definition) is 4. The Morgan fingerprint density at radius 3 is 2.38 bits per heavy atom. The van der Waals surface area contributed by atoms with Gasteiger partial charge in [-0.3, -0.25) is 4.79 Å². The average molecular weight is 356 g/mol. The summed E-state index contributed by atoms with van der Waals surface area (Å²) < 4.78 is 30.6. The molecule has 1 N–H and O–H groups in total. The summed E-state index contributed by atoms with van der Waals surface area (Å²) in [6.07, 6.45) is 1.82. The van der Waals surface area contributed by atoms with Crippen molar-refractivity contribution in [1.29, 1.82) is 0 Å². The van der Waals surface area contributed by atoms with Crippen LogP contribution in [0.1, 0.15) is 32.8 Å². The Bertz CT molecular complexity index is 651. The van der Waals surface area contributed by atoms with Crippen molar-refractivity contribution in [3.63, 3.8) is 0 Å². The zero-order valence-electron chi connectivity index (χ0n) is 15.1. The van der Waals surface area contributed by atoms with Gasteiger partial charge in [-0.2, -0.15) is 0 Å². The van der Waals surface area contributed by atoms with Crippen molar-refractivity contribution in [3.05, 3.63) is 29.8 Å². The number of ether oxygens (including phenoxy) is 1. The molecule has 0 heterocycles. The van der Waals surface area contributed by atoms with E-state index < -0.39 is 10.0 Å². The second-order valence-corrected chi connectivity index (χ2v) is 8.75. The molecule has 0 spiro atoms. The number of hydrogen-bond donors (Lipinski definition) is 1. The monoisotopic (exact) mass is 356 g/mol. The molecule has 0 saturated carbocycles. The van der Waals surface area contributed by atoms with Gasteiger partial charge in [-0.05, 0) is 38.8 Å². The molecule has 1 aromatic carbocycles. The number of amides is 1. The molecule has 1 amide bonds. The molecule has 136 valence electrons. The van der Waals surface area contributed by atoms with E-state index in [2.05, 4.69) is 5.32 Å². The summed E-state index contributed by atoms with van der Waals surface area (Å²) in [5.74, 6) is 0.574. The highest BCUT2D eigenvalue weighted by Crippen LogP contribution is 2.18. The van der Waals surface area contributed by atoms with Crippen LogP contribution in [0.15, 0.2) is 24.3 Å². The molecule has 0 bridgehead atoms. The lowest BCUT2D eigenvalue weighted by molar-refractivity contribution is -0.122. The third kappa shape index (κ3) is 7.31. The minimum atomic E-state index is -3.38. The summed E-state index contributed by atoms with van der Waals surface area (Å²) in [5.41, 5.74) is 0.609. The van der Waals surface area contributed by atoms with Crippen molar-refractivity contribution in [2.75, 3.05) is 26.5 Å². The number of rotatable bonds is 8. The number of para-hydroxylation sites is 1. The highest BCUT2D eigenvalue weighted by Gasteiger charge is 2.20. The van der Waals surface area contributed by atoms with Crippen LogP contribution in [0.3, 0.4) is 0 Å². The van der Waals surface area contributed by atoms with Gasteiger partial charge in [0.05, 0.1) is 13.4 Å². The van der Waals surface area contributed by atoms with E-state index in [9.17, 15) is 13.2 Å². The standard InChI is InChI=1S/C17H28N2O4S/c1-17(2,3)18-16(20)11-13-19(24(5,21)22)12-10-14-8-6-7-9-15(14)23-4/h6-9H,10-13H2,1-5H3,(H,18,20). The highest BCUT2D eigenvalue weighted by molar-refractivity contribution is 7.88. The maximum absolute atomic E-state index is 12.0.